The van der Waals surface area contributed by atoms with Gasteiger partial charge in [-0.25, -0.2) is 9.37 Å². The predicted octanol–water partition coefficient (Wildman–Crippen LogP) is 2.01. The first-order valence-electron chi connectivity index (χ1n) is 9.77. The van der Waals surface area contributed by atoms with Gasteiger partial charge in [-0.2, -0.15) is 14.6 Å². The van der Waals surface area contributed by atoms with Crippen LogP contribution in [0, 0.1) is 12.7 Å². The SMILES string of the molecule is Cc1cc(CNC(=O)c2cc(C(=O)NCc3ccc(N)cc3)n3ncnc3n2)ccc1F. The minimum atomic E-state index is -0.495. The maximum absolute atomic E-state index is 13.4. The van der Waals surface area contributed by atoms with Crippen LogP contribution in [0.2, 0.25) is 0 Å². The average molecular weight is 433 g/mol. The Morgan fingerprint density at radius 3 is 2.44 bits per heavy atom. The van der Waals surface area contributed by atoms with E-state index in [1.54, 1.807) is 31.2 Å². The number of carbonyl (C=O) groups is 2. The number of rotatable bonds is 6. The number of anilines is 1. The zero-order valence-corrected chi connectivity index (χ0v) is 17.2. The van der Waals surface area contributed by atoms with Crippen molar-refractivity contribution in [3.8, 4) is 0 Å². The van der Waals surface area contributed by atoms with Crippen molar-refractivity contribution in [3.63, 3.8) is 0 Å². The van der Waals surface area contributed by atoms with Gasteiger partial charge in [0.15, 0.2) is 0 Å². The summed E-state index contributed by atoms with van der Waals surface area (Å²) in [5, 5.41) is 9.53. The fourth-order valence-electron chi connectivity index (χ4n) is 3.09. The van der Waals surface area contributed by atoms with Gasteiger partial charge in [0.2, 0.25) is 0 Å². The maximum atomic E-state index is 13.4. The lowest BCUT2D eigenvalue weighted by atomic mass is 10.1. The molecule has 0 saturated carbocycles. The molecule has 4 aromatic rings. The van der Waals surface area contributed by atoms with Gasteiger partial charge in [-0.3, -0.25) is 9.59 Å². The van der Waals surface area contributed by atoms with Gasteiger partial charge in [-0.15, -0.1) is 0 Å². The summed E-state index contributed by atoms with van der Waals surface area (Å²) >= 11 is 0. The van der Waals surface area contributed by atoms with Crippen LogP contribution in [0.3, 0.4) is 0 Å². The highest BCUT2D eigenvalue weighted by Gasteiger charge is 2.18. The monoisotopic (exact) mass is 433 g/mol. The number of nitrogens with two attached hydrogens (primary N) is 1. The molecular weight excluding hydrogens is 413 g/mol. The molecule has 32 heavy (non-hydrogen) atoms. The molecule has 9 nitrogen and oxygen atoms in total. The number of carbonyl (C=O) groups excluding carboxylic acids is 2. The van der Waals surface area contributed by atoms with E-state index in [9.17, 15) is 14.0 Å². The number of nitrogens with one attached hydrogen (secondary N) is 2. The fourth-order valence-corrected chi connectivity index (χ4v) is 3.09. The van der Waals surface area contributed by atoms with Crippen molar-refractivity contribution in [2.24, 2.45) is 0 Å². The van der Waals surface area contributed by atoms with Crippen molar-refractivity contribution in [1.29, 1.82) is 0 Å². The summed E-state index contributed by atoms with van der Waals surface area (Å²) in [6, 6.07) is 13.1. The smallest absolute Gasteiger partial charge is 0.270 e. The van der Waals surface area contributed by atoms with Crippen molar-refractivity contribution in [3.05, 3.63) is 88.8 Å². The lowest BCUT2D eigenvalue weighted by molar-refractivity contribution is 0.0942. The van der Waals surface area contributed by atoms with Gasteiger partial charge in [0.05, 0.1) is 0 Å². The Morgan fingerprint density at radius 1 is 1.00 bits per heavy atom. The number of amides is 2. The van der Waals surface area contributed by atoms with Crippen LogP contribution < -0.4 is 16.4 Å². The number of aromatic nitrogens is 4. The van der Waals surface area contributed by atoms with Crippen LogP contribution in [0.15, 0.2) is 54.9 Å². The second kappa shape index (κ2) is 8.80. The normalized spacial score (nSPS) is 10.8. The highest BCUT2D eigenvalue weighted by Crippen LogP contribution is 2.11. The number of nitrogens with zero attached hydrogens (tertiary/aromatic N) is 4. The topological polar surface area (TPSA) is 127 Å². The average Bonchev–Trinajstić information content (AvgIpc) is 3.27. The van der Waals surface area contributed by atoms with E-state index in [2.05, 4.69) is 25.7 Å². The van der Waals surface area contributed by atoms with Gasteiger partial charge < -0.3 is 16.4 Å². The Balaban J connectivity index is 1.51. The molecule has 10 heteroatoms. The van der Waals surface area contributed by atoms with Crippen LogP contribution in [0.1, 0.15) is 37.7 Å². The second-order valence-corrected chi connectivity index (χ2v) is 7.19. The Morgan fingerprint density at radius 2 is 1.69 bits per heavy atom. The Bertz CT molecular complexity index is 1300. The molecule has 0 aliphatic carbocycles. The van der Waals surface area contributed by atoms with E-state index < -0.39 is 11.8 Å². The quantitative estimate of drug-likeness (QED) is 0.399. The first-order chi connectivity index (χ1) is 15.4. The van der Waals surface area contributed by atoms with Crippen LogP contribution >= 0.6 is 0 Å². The third kappa shape index (κ3) is 4.53. The van der Waals surface area contributed by atoms with Gasteiger partial charge in [0.1, 0.15) is 23.5 Å². The molecule has 0 aliphatic rings. The predicted molar refractivity (Wildman–Crippen MR) is 115 cm³/mol. The van der Waals surface area contributed by atoms with E-state index in [1.165, 1.54) is 23.0 Å². The van der Waals surface area contributed by atoms with Gasteiger partial charge in [0.25, 0.3) is 17.6 Å². The summed E-state index contributed by atoms with van der Waals surface area (Å²) in [6.45, 7) is 2.10. The lowest BCUT2D eigenvalue weighted by Crippen LogP contribution is -2.28. The molecule has 2 aromatic carbocycles. The molecule has 162 valence electrons. The van der Waals surface area contributed by atoms with E-state index in [-0.39, 0.29) is 36.1 Å². The summed E-state index contributed by atoms with van der Waals surface area (Å²) < 4.78 is 14.7. The van der Waals surface area contributed by atoms with Crippen molar-refractivity contribution in [1.82, 2.24) is 30.2 Å². The number of halogens is 1. The number of fused-ring (bicyclic) bond motifs is 1. The second-order valence-electron chi connectivity index (χ2n) is 7.19. The van der Waals surface area contributed by atoms with E-state index in [0.717, 1.165) is 11.1 Å². The highest BCUT2D eigenvalue weighted by atomic mass is 19.1. The number of benzene rings is 2. The Labute approximate surface area is 182 Å². The van der Waals surface area contributed by atoms with Crippen molar-refractivity contribution >= 4 is 23.3 Å². The van der Waals surface area contributed by atoms with E-state index in [1.807, 2.05) is 12.1 Å². The molecule has 0 bridgehead atoms. The standard InChI is InChI=1S/C22H20FN7O2/c1-13-8-15(4-7-17(13)23)11-25-20(31)18-9-19(30-22(29-18)27-12-28-30)21(32)26-10-14-2-5-16(24)6-3-14/h2-9,12H,10-11,24H2,1H3,(H,25,31)(H,26,32). The van der Waals surface area contributed by atoms with Crippen LogP contribution in [0.25, 0.3) is 5.78 Å². The van der Waals surface area contributed by atoms with Gasteiger partial charge >= 0.3 is 0 Å². The summed E-state index contributed by atoms with van der Waals surface area (Å²) in [7, 11) is 0. The zero-order valence-electron chi connectivity index (χ0n) is 17.2. The molecule has 4 N–H and O–H groups in total. The highest BCUT2D eigenvalue weighted by molar-refractivity contribution is 5.98. The van der Waals surface area contributed by atoms with E-state index in [4.69, 9.17) is 5.73 Å². The number of nitrogen functional groups attached to an aromatic ring is 1. The molecule has 2 amide bonds. The Hall–Kier alpha value is -4.34. The van der Waals surface area contributed by atoms with Crippen molar-refractivity contribution < 1.29 is 14.0 Å². The van der Waals surface area contributed by atoms with Gasteiger partial charge in [0, 0.05) is 24.8 Å². The molecular formula is C22H20FN7O2. The van der Waals surface area contributed by atoms with Crippen LogP contribution in [-0.2, 0) is 13.1 Å². The van der Waals surface area contributed by atoms with Crippen LogP contribution in [0.5, 0.6) is 0 Å². The number of hydrogen-bond donors (Lipinski definition) is 3. The van der Waals surface area contributed by atoms with Crippen LogP contribution in [-0.4, -0.2) is 31.4 Å². The molecule has 0 radical (unpaired) electrons. The van der Waals surface area contributed by atoms with Gasteiger partial charge in [-0.05, 0) is 41.8 Å². The molecule has 0 aliphatic heterocycles. The summed E-state index contributed by atoms with van der Waals surface area (Å²) in [4.78, 5) is 33.6. The summed E-state index contributed by atoms with van der Waals surface area (Å²) in [6.07, 6.45) is 1.25. The maximum Gasteiger partial charge on any atom is 0.270 e. The van der Waals surface area contributed by atoms with Crippen molar-refractivity contribution in [2.75, 3.05) is 5.73 Å². The molecule has 2 heterocycles. The van der Waals surface area contributed by atoms with E-state index in [0.29, 0.717) is 11.3 Å². The first-order valence-corrected chi connectivity index (χ1v) is 9.77. The molecule has 2 aromatic heterocycles. The largest absolute Gasteiger partial charge is 0.399 e. The van der Waals surface area contributed by atoms with Gasteiger partial charge in [-0.1, -0.05) is 24.3 Å². The number of hydrogen-bond acceptors (Lipinski definition) is 6. The molecule has 4 rings (SSSR count). The molecule has 0 saturated heterocycles. The van der Waals surface area contributed by atoms with Crippen molar-refractivity contribution in [2.45, 2.75) is 20.0 Å². The molecule has 0 unspecified atom stereocenters. The third-order valence-corrected chi connectivity index (χ3v) is 4.83. The minimum Gasteiger partial charge on any atom is -0.399 e. The molecule has 0 atom stereocenters. The third-order valence-electron chi connectivity index (χ3n) is 4.83. The lowest BCUT2D eigenvalue weighted by Gasteiger charge is -2.10. The fraction of sp³-hybridized carbons (Fsp3) is 0.136. The Kier molecular flexibility index (Phi) is 5.75. The van der Waals surface area contributed by atoms with E-state index >= 15 is 0 Å². The molecule has 0 spiro atoms. The number of aryl methyl sites for hydroxylation is 1. The summed E-state index contributed by atoms with van der Waals surface area (Å²) in [5.74, 6) is -1.13. The first kappa shape index (κ1) is 20.9. The minimum absolute atomic E-state index is 0.0157. The summed E-state index contributed by atoms with van der Waals surface area (Å²) in [5.41, 5.74) is 8.53. The van der Waals surface area contributed by atoms with Crippen LogP contribution in [0.4, 0.5) is 10.1 Å². The zero-order chi connectivity index (χ0) is 22.7. The molecule has 0 fully saturated rings.